The summed E-state index contributed by atoms with van der Waals surface area (Å²) >= 11 is 0. The fourth-order valence-electron chi connectivity index (χ4n) is 2.61. The van der Waals surface area contributed by atoms with E-state index in [1.807, 2.05) is 0 Å². The first-order chi connectivity index (χ1) is 6.72. The number of likely N-dealkylation sites (N-methyl/N-ethyl adjacent to an activating group) is 1. The van der Waals surface area contributed by atoms with Gasteiger partial charge in [-0.3, -0.25) is 4.90 Å². The second-order valence-corrected chi connectivity index (χ2v) is 5.04. The van der Waals surface area contributed by atoms with Gasteiger partial charge in [0.2, 0.25) is 0 Å². The lowest BCUT2D eigenvalue weighted by atomic mass is 10.1. The minimum absolute atomic E-state index is 0.681. The molecule has 1 saturated heterocycles. The van der Waals surface area contributed by atoms with Crippen molar-refractivity contribution < 1.29 is 0 Å². The molecule has 1 saturated carbocycles. The summed E-state index contributed by atoms with van der Waals surface area (Å²) in [6.07, 6.45) is 4.13. The first-order valence-electron chi connectivity index (χ1n) is 5.83. The molecule has 3 heteroatoms. The van der Waals surface area contributed by atoms with Crippen LogP contribution >= 0.6 is 0 Å². The van der Waals surface area contributed by atoms with Gasteiger partial charge in [-0.05, 0) is 39.3 Å². The summed E-state index contributed by atoms with van der Waals surface area (Å²) in [5, 5.41) is 0. The van der Waals surface area contributed by atoms with Crippen LogP contribution in [0.3, 0.4) is 0 Å². The third kappa shape index (κ3) is 2.10. The summed E-state index contributed by atoms with van der Waals surface area (Å²) in [7, 11) is 4.37. The van der Waals surface area contributed by atoms with Gasteiger partial charge in [0.05, 0.1) is 0 Å². The van der Waals surface area contributed by atoms with Crippen LogP contribution in [0.5, 0.6) is 0 Å². The molecule has 1 heterocycles. The third-order valence-electron chi connectivity index (χ3n) is 3.80. The fraction of sp³-hybridized carbons (Fsp3) is 1.00. The van der Waals surface area contributed by atoms with Crippen LogP contribution in [0.2, 0.25) is 0 Å². The average molecular weight is 197 g/mol. The molecule has 2 rings (SSSR count). The van der Waals surface area contributed by atoms with E-state index in [1.165, 1.54) is 32.4 Å². The predicted octanol–water partition coefficient (Wildman–Crippen LogP) is 0.360. The Kier molecular flexibility index (Phi) is 3.10. The Morgan fingerprint density at radius 1 is 1.36 bits per heavy atom. The van der Waals surface area contributed by atoms with Gasteiger partial charge in [0, 0.05) is 31.7 Å². The molecule has 2 atom stereocenters. The normalized spacial score (nSPS) is 31.3. The predicted molar refractivity (Wildman–Crippen MR) is 59.2 cm³/mol. The summed E-state index contributed by atoms with van der Waals surface area (Å²) in [6.45, 7) is 3.33. The molecule has 2 aliphatic rings. The second kappa shape index (κ2) is 4.17. The Hall–Kier alpha value is -0.120. The summed E-state index contributed by atoms with van der Waals surface area (Å²) < 4.78 is 0. The van der Waals surface area contributed by atoms with Gasteiger partial charge >= 0.3 is 0 Å². The smallest absolute Gasteiger partial charge is 0.0247 e. The number of likely N-dealkylation sites (tertiary alicyclic amines) is 1. The molecule has 0 radical (unpaired) electrons. The molecular formula is C11H23N3. The van der Waals surface area contributed by atoms with Gasteiger partial charge in [-0.2, -0.15) is 0 Å². The standard InChI is InChI=1S/C11H23N3/c1-13(2)10-5-6-14(8-10)11(7-12)9-3-4-9/h9-11H,3-8,12H2,1-2H3. The molecule has 2 unspecified atom stereocenters. The largest absolute Gasteiger partial charge is 0.329 e. The van der Waals surface area contributed by atoms with E-state index in [4.69, 9.17) is 5.73 Å². The van der Waals surface area contributed by atoms with Crippen LogP contribution in [0.25, 0.3) is 0 Å². The van der Waals surface area contributed by atoms with Crippen LogP contribution in [0.4, 0.5) is 0 Å². The summed E-state index contributed by atoms with van der Waals surface area (Å²) in [5.41, 5.74) is 5.86. The molecule has 1 aliphatic heterocycles. The number of nitrogens with zero attached hydrogens (tertiary/aromatic N) is 2. The van der Waals surface area contributed by atoms with Gasteiger partial charge in [0.1, 0.15) is 0 Å². The van der Waals surface area contributed by atoms with E-state index in [-0.39, 0.29) is 0 Å². The van der Waals surface area contributed by atoms with Crippen LogP contribution in [0, 0.1) is 5.92 Å². The quantitative estimate of drug-likeness (QED) is 0.706. The zero-order chi connectivity index (χ0) is 10.1. The Morgan fingerprint density at radius 2 is 2.07 bits per heavy atom. The zero-order valence-electron chi connectivity index (χ0n) is 9.45. The summed E-state index contributed by atoms with van der Waals surface area (Å²) in [5.74, 6) is 0.918. The van der Waals surface area contributed by atoms with E-state index in [2.05, 4.69) is 23.9 Å². The summed E-state index contributed by atoms with van der Waals surface area (Å²) in [6, 6.07) is 1.43. The van der Waals surface area contributed by atoms with E-state index < -0.39 is 0 Å². The van der Waals surface area contributed by atoms with Gasteiger partial charge in [-0.1, -0.05) is 0 Å². The van der Waals surface area contributed by atoms with E-state index >= 15 is 0 Å². The molecule has 82 valence electrons. The Bertz CT molecular complexity index is 189. The molecule has 0 aromatic carbocycles. The number of nitrogens with two attached hydrogens (primary N) is 1. The van der Waals surface area contributed by atoms with Crippen molar-refractivity contribution in [1.82, 2.24) is 9.80 Å². The van der Waals surface area contributed by atoms with E-state index in [9.17, 15) is 0 Å². The molecule has 0 aromatic heterocycles. The monoisotopic (exact) mass is 197 g/mol. The fourth-order valence-corrected chi connectivity index (χ4v) is 2.61. The molecule has 0 bridgehead atoms. The molecular weight excluding hydrogens is 174 g/mol. The highest BCUT2D eigenvalue weighted by atomic mass is 15.3. The van der Waals surface area contributed by atoms with Crippen LogP contribution in [0.1, 0.15) is 19.3 Å². The van der Waals surface area contributed by atoms with Crippen LogP contribution in [0.15, 0.2) is 0 Å². The van der Waals surface area contributed by atoms with Crippen molar-refractivity contribution in [3.8, 4) is 0 Å². The Labute approximate surface area is 87.2 Å². The molecule has 2 fully saturated rings. The van der Waals surface area contributed by atoms with Crippen molar-refractivity contribution in [1.29, 1.82) is 0 Å². The lowest BCUT2D eigenvalue weighted by Crippen LogP contribution is -2.42. The highest BCUT2D eigenvalue weighted by molar-refractivity contribution is 4.93. The van der Waals surface area contributed by atoms with Crippen LogP contribution in [-0.2, 0) is 0 Å². The SMILES string of the molecule is CN(C)C1CCN(C(CN)C2CC2)C1. The van der Waals surface area contributed by atoms with E-state index in [1.54, 1.807) is 0 Å². The van der Waals surface area contributed by atoms with Crippen molar-refractivity contribution in [3.05, 3.63) is 0 Å². The average Bonchev–Trinajstić information content (AvgIpc) is 2.84. The zero-order valence-corrected chi connectivity index (χ0v) is 9.45. The highest BCUT2D eigenvalue weighted by Crippen LogP contribution is 2.36. The maximum absolute atomic E-state index is 5.86. The van der Waals surface area contributed by atoms with Crippen molar-refractivity contribution in [2.24, 2.45) is 11.7 Å². The van der Waals surface area contributed by atoms with E-state index in [0.717, 1.165) is 18.5 Å². The highest BCUT2D eigenvalue weighted by Gasteiger charge is 2.37. The lowest BCUT2D eigenvalue weighted by Gasteiger charge is -2.27. The molecule has 0 spiro atoms. The minimum Gasteiger partial charge on any atom is -0.329 e. The van der Waals surface area contributed by atoms with Gasteiger partial charge in [-0.25, -0.2) is 0 Å². The number of rotatable bonds is 4. The van der Waals surface area contributed by atoms with Crippen LogP contribution in [-0.4, -0.2) is 55.6 Å². The second-order valence-electron chi connectivity index (χ2n) is 5.04. The lowest BCUT2D eigenvalue weighted by molar-refractivity contribution is 0.201. The van der Waals surface area contributed by atoms with Gasteiger partial charge < -0.3 is 10.6 Å². The number of hydrogen-bond donors (Lipinski definition) is 1. The molecule has 2 N–H and O–H groups in total. The van der Waals surface area contributed by atoms with Gasteiger partial charge in [0.25, 0.3) is 0 Å². The first kappa shape index (κ1) is 10.4. The topological polar surface area (TPSA) is 32.5 Å². The Morgan fingerprint density at radius 3 is 2.50 bits per heavy atom. The minimum atomic E-state index is 0.681. The van der Waals surface area contributed by atoms with Crippen molar-refractivity contribution >= 4 is 0 Å². The van der Waals surface area contributed by atoms with Crippen molar-refractivity contribution in [3.63, 3.8) is 0 Å². The Balaban J connectivity index is 1.86. The van der Waals surface area contributed by atoms with Crippen LogP contribution < -0.4 is 5.73 Å². The number of hydrogen-bond acceptors (Lipinski definition) is 3. The molecule has 1 aliphatic carbocycles. The maximum atomic E-state index is 5.86. The third-order valence-corrected chi connectivity index (χ3v) is 3.80. The van der Waals surface area contributed by atoms with Gasteiger partial charge in [0.15, 0.2) is 0 Å². The summed E-state index contributed by atoms with van der Waals surface area (Å²) in [4.78, 5) is 4.96. The van der Waals surface area contributed by atoms with E-state index in [0.29, 0.717) is 6.04 Å². The molecule has 14 heavy (non-hydrogen) atoms. The van der Waals surface area contributed by atoms with Crippen molar-refractivity contribution in [2.45, 2.75) is 31.3 Å². The van der Waals surface area contributed by atoms with Gasteiger partial charge in [-0.15, -0.1) is 0 Å². The molecule has 0 amide bonds. The molecule has 3 nitrogen and oxygen atoms in total. The molecule has 0 aromatic rings. The maximum Gasteiger partial charge on any atom is 0.0247 e. The first-order valence-corrected chi connectivity index (χ1v) is 5.83. The van der Waals surface area contributed by atoms with Crippen molar-refractivity contribution in [2.75, 3.05) is 33.7 Å².